The molecule has 2 N–H and O–H groups in total. The molecule has 0 aliphatic carbocycles. The highest BCUT2D eigenvalue weighted by Crippen LogP contribution is 2.34. The van der Waals surface area contributed by atoms with Gasteiger partial charge in [-0.1, -0.05) is 20.8 Å². The van der Waals surface area contributed by atoms with Gasteiger partial charge in [0.1, 0.15) is 11.7 Å². The van der Waals surface area contributed by atoms with Crippen molar-refractivity contribution in [3.63, 3.8) is 0 Å². The van der Waals surface area contributed by atoms with Crippen LogP contribution in [0.2, 0.25) is 0 Å². The number of nitrogens with one attached hydrogen (secondary N) is 2. The number of hydrazone groups is 1. The Morgan fingerprint density at radius 2 is 1.79 bits per heavy atom. The predicted octanol–water partition coefficient (Wildman–Crippen LogP) is 4.85. The molecule has 2 amide bonds. The van der Waals surface area contributed by atoms with Crippen molar-refractivity contribution in [2.45, 2.75) is 34.1 Å². The number of ether oxygens (including phenoxy) is 3. The van der Waals surface area contributed by atoms with Crippen molar-refractivity contribution in [2.75, 3.05) is 25.6 Å². The molecule has 2 aromatic carbocycles. The fraction of sp³-hybridized carbons (Fsp3) is 0.400. The second kappa shape index (κ2) is 13.8. The van der Waals surface area contributed by atoms with Crippen LogP contribution >= 0.6 is 22.6 Å². The first-order chi connectivity index (χ1) is 16.3. The third-order valence-electron chi connectivity index (χ3n) is 4.76. The molecule has 0 aromatic heterocycles. The molecular formula is C25H32IN3O5. The summed E-state index contributed by atoms with van der Waals surface area (Å²) in [7, 11) is 1.57. The summed E-state index contributed by atoms with van der Waals surface area (Å²) in [5.74, 6) is -0.0387. The lowest BCUT2D eigenvalue weighted by Gasteiger charge is -2.18. The average Bonchev–Trinajstić information content (AvgIpc) is 2.79. The summed E-state index contributed by atoms with van der Waals surface area (Å²) in [6.45, 7) is 8.66. The average molecular weight is 581 g/mol. The van der Waals surface area contributed by atoms with Gasteiger partial charge in [0.2, 0.25) is 5.91 Å². The zero-order chi connectivity index (χ0) is 25.1. The molecule has 0 radical (unpaired) electrons. The summed E-state index contributed by atoms with van der Waals surface area (Å²) in [5, 5.41) is 6.85. The van der Waals surface area contributed by atoms with E-state index in [1.54, 1.807) is 31.4 Å². The maximum absolute atomic E-state index is 12.8. The van der Waals surface area contributed by atoms with Crippen molar-refractivity contribution >= 4 is 46.3 Å². The Balaban J connectivity index is 2.10. The van der Waals surface area contributed by atoms with Gasteiger partial charge in [0, 0.05) is 5.69 Å². The van der Waals surface area contributed by atoms with E-state index in [2.05, 4.69) is 38.4 Å². The molecule has 2 rings (SSSR count). The van der Waals surface area contributed by atoms with Gasteiger partial charge < -0.3 is 19.5 Å². The van der Waals surface area contributed by atoms with E-state index in [0.29, 0.717) is 36.1 Å². The van der Waals surface area contributed by atoms with Crippen molar-refractivity contribution in [1.29, 1.82) is 0 Å². The number of anilines is 1. The van der Waals surface area contributed by atoms with Crippen LogP contribution in [0.5, 0.6) is 17.2 Å². The molecule has 0 saturated heterocycles. The molecule has 0 saturated carbocycles. The summed E-state index contributed by atoms with van der Waals surface area (Å²) in [4.78, 5) is 25.5. The molecule has 9 heteroatoms. The van der Waals surface area contributed by atoms with Crippen LogP contribution < -0.4 is 25.0 Å². The summed E-state index contributed by atoms with van der Waals surface area (Å²) in [5.41, 5.74) is 3.81. The quantitative estimate of drug-likeness (QED) is 0.162. The summed E-state index contributed by atoms with van der Waals surface area (Å²) in [6.07, 6.45) is 2.41. The molecular weight excluding hydrogens is 549 g/mol. The molecule has 1 atom stereocenters. The van der Waals surface area contributed by atoms with E-state index in [1.165, 1.54) is 6.21 Å². The molecule has 2 aromatic rings. The van der Waals surface area contributed by atoms with Crippen LogP contribution in [-0.2, 0) is 9.59 Å². The van der Waals surface area contributed by atoms with Crippen LogP contribution in [0, 0.1) is 15.4 Å². The van der Waals surface area contributed by atoms with Gasteiger partial charge in [-0.25, -0.2) is 5.43 Å². The topological polar surface area (TPSA) is 98.2 Å². The summed E-state index contributed by atoms with van der Waals surface area (Å²) in [6, 6.07) is 10.6. The van der Waals surface area contributed by atoms with Gasteiger partial charge in [0.15, 0.2) is 11.5 Å². The van der Waals surface area contributed by atoms with E-state index in [1.807, 2.05) is 39.8 Å². The first kappa shape index (κ1) is 27.4. The second-order valence-electron chi connectivity index (χ2n) is 7.79. The van der Waals surface area contributed by atoms with Gasteiger partial charge in [-0.05, 0) is 83.8 Å². The number of carbonyl (C=O) groups excluding carboxylic acids is 2. The molecule has 8 nitrogen and oxygen atoms in total. The number of carbonyl (C=O) groups is 2. The van der Waals surface area contributed by atoms with Crippen molar-refractivity contribution < 1.29 is 23.8 Å². The van der Waals surface area contributed by atoms with Crippen LogP contribution in [-0.4, -0.2) is 38.4 Å². The number of halogens is 1. The van der Waals surface area contributed by atoms with Crippen molar-refractivity contribution in [3.8, 4) is 17.2 Å². The smallest absolute Gasteiger partial charge is 0.252 e. The number of benzene rings is 2. The van der Waals surface area contributed by atoms with Gasteiger partial charge in [0.05, 0.1) is 30.1 Å². The highest BCUT2D eigenvalue weighted by molar-refractivity contribution is 14.1. The molecule has 34 heavy (non-hydrogen) atoms. The molecule has 0 heterocycles. The predicted molar refractivity (Wildman–Crippen MR) is 142 cm³/mol. The number of rotatable bonds is 12. The monoisotopic (exact) mass is 581 g/mol. The van der Waals surface area contributed by atoms with Crippen molar-refractivity contribution in [1.82, 2.24) is 5.43 Å². The Kier molecular flexibility index (Phi) is 11.1. The van der Waals surface area contributed by atoms with E-state index in [-0.39, 0.29) is 5.92 Å². The number of hydrogen-bond acceptors (Lipinski definition) is 6. The molecule has 0 aliphatic rings. The van der Waals surface area contributed by atoms with E-state index in [4.69, 9.17) is 14.2 Å². The minimum Gasteiger partial charge on any atom is -0.497 e. The van der Waals surface area contributed by atoms with Gasteiger partial charge in [-0.15, -0.1) is 0 Å². The Bertz CT molecular complexity index is 993. The summed E-state index contributed by atoms with van der Waals surface area (Å²) >= 11 is 2.18. The third-order valence-corrected chi connectivity index (χ3v) is 5.56. The van der Waals surface area contributed by atoms with E-state index >= 15 is 0 Å². The van der Waals surface area contributed by atoms with Gasteiger partial charge in [0.25, 0.3) is 5.91 Å². The number of nitrogens with zero attached hydrogens (tertiary/aromatic N) is 1. The van der Waals surface area contributed by atoms with Gasteiger partial charge in [-0.3, -0.25) is 9.59 Å². The van der Waals surface area contributed by atoms with Gasteiger partial charge >= 0.3 is 0 Å². The minimum atomic E-state index is -0.914. The molecule has 184 valence electrons. The largest absolute Gasteiger partial charge is 0.497 e. The molecule has 0 fully saturated rings. The van der Waals surface area contributed by atoms with Crippen LogP contribution in [0.15, 0.2) is 41.5 Å². The third kappa shape index (κ3) is 7.89. The second-order valence-corrected chi connectivity index (χ2v) is 8.95. The lowest BCUT2D eigenvalue weighted by Crippen LogP contribution is -2.39. The zero-order valence-corrected chi connectivity index (χ0v) is 22.3. The normalized spacial score (nSPS) is 11.9. The van der Waals surface area contributed by atoms with Crippen LogP contribution in [0.1, 0.15) is 39.7 Å². The Hall–Kier alpha value is -2.82. The standard InChI is InChI=1S/C25H32IN3O5/c1-6-12-34-23-20(26)13-17(14-21(23)33-7-2)15-27-29-25(31)22(16(3)4)24(30)28-18-8-10-19(32-5)11-9-18/h8-11,13-16,22H,6-7,12H2,1-5H3,(H,28,30)(H,29,31). The first-order valence-electron chi connectivity index (χ1n) is 11.2. The lowest BCUT2D eigenvalue weighted by molar-refractivity contribution is -0.134. The van der Waals surface area contributed by atoms with Gasteiger partial charge in [-0.2, -0.15) is 5.10 Å². The van der Waals surface area contributed by atoms with E-state index < -0.39 is 17.7 Å². The van der Waals surface area contributed by atoms with Crippen LogP contribution in [0.4, 0.5) is 5.69 Å². The molecule has 0 bridgehead atoms. The van der Waals surface area contributed by atoms with Crippen LogP contribution in [0.25, 0.3) is 0 Å². The van der Waals surface area contributed by atoms with Crippen LogP contribution in [0.3, 0.4) is 0 Å². The number of amides is 2. The highest BCUT2D eigenvalue weighted by Gasteiger charge is 2.30. The first-order valence-corrected chi connectivity index (χ1v) is 12.3. The number of methoxy groups -OCH3 is 1. The fourth-order valence-corrected chi connectivity index (χ4v) is 3.91. The Labute approximate surface area is 214 Å². The molecule has 0 aliphatic heterocycles. The SMILES string of the molecule is CCCOc1c(I)cc(C=NNC(=O)C(C(=O)Nc2ccc(OC)cc2)C(C)C)cc1OCC. The highest BCUT2D eigenvalue weighted by atomic mass is 127. The lowest BCUT2D eigenvalue weighted by atomic mass is 9.94. The van der Waals surface area contributed by atoms with Crippen molar-refractivity contribution in [3.05, 3.63) is 45.5 Å². The molecule has 0 spiro atoms. The maximum Gasteiger partial charge on any atom is 0.252 e. The Morgan fingerprint density at radius 3 is 2.38 bits per heavy atom. The maximum atomic E-state index is 12.8. The number of hydrogen-bond donors (Lipinski definition) is 2. The Morgan fingerprint density at radius 1 is 1.09 bits per heavy atom. The van der Waals surface area contributed by atoms with Crippen molar-refractivity contribution in [2.24, 2.45) is 16.9 Å². The van der Waals surface area contributed by atoms with E-state index in [0.717, 1.165) is 15.6 Å². The zero-order valence-electron chi connectivity index (χ0n) is 20.2. The molecule has 1 unspecified atom stereocenters. The fourth-order valence-electron chi connectivity index (χ4n) is 3.13. The van der Waals surface area contributed by atoms with E-state index in [9.17, 15) is 9.59 Å². The minimum absolute atomic E-state index is 0.228. The summed E-state index contributed by atoms with van der Waals surface area (Å²) < 4.78 is 17.5.